The lowest BCUT2D eigenvalue weighted by Crippen LogP contribution is -2.43. The van der Waals surface area contributed by atoms with Crippen molar-refractivity contribution >= 4 is 63.2 Å². The maximum Gasteiger partial charge on any atom is 0.256 e. The van der Waals surface area contributed by atoms with Gasteiger partial charge >= 0.3 is 0 Å². The maximum atomic E-state index is 13.5. The largest absolute Gasteiger partial charge is 0.359 e. The number of aromatic amines is 1. The molecule has 6 rings (SSSR count). The normalized spacial score (nSPS) is 20.2. The molecule has 3 aromatic rings. The van der Waals surface area contributed by atoms with Gasteiger partial charge in [-0.2, -0.15) is 0 Å². The van der Waals surface area contributed by atoms with E-state index in [4.69, 9.17) is 23.2 Å². The van der Waals surface area contributed by atoms with E-state index < -0.39 is 10.8 Å². The number of aryl methyl sites for hydroxylation is 1. The number of carbonyl (C=O) groups excluding carboxylic acids is 2. The third-order valence-corrected chi connectivity index (χ3v) is 11.0. The Kier molecular flexibility index (Phi) is 8.83. The van der Waals surface area contributed by atoms with Crippen LogP contribution in [0.2, 0.25) is 10.0 Å². The van der Waals surface area contributed by atoms with E-state index in [2.05, 4.69) is 20.1 Å². The van der Waals surface area contributed by atoms with Crippen LogP contribution in [0.3, 0.4) is 0 Å². The highest BCUT2D eigenvalue weighted by molar-refractivity contribution is 7.84. The van der Waals surface area contributed by atoms with E-state index in [1.165, 1.54) is 12.8 Å². The first-order valence-electron chi connectivity index (χ1n) is 14.9. The van der Waals surface area contributed by atoms with Crippen molar-refractivity contribution in [3.8, 4) is 0 Å². The minimum absolute atomic E-state index is 0.167. The number of hydrogen-bond donors (Lipinski definition) is 2. The average molecular weight is 640 g/mol. The molecular formula is C33H36Cl2N4O3S. The number of anilines is 1. The van der Waals surface area contributed by atoms with Gasteiger partial charge in [0.2, 0.25) is 5.91 Å². The van der Waals surface area contributed by atoms with Crippen LogP contribution in [0.4, 0.5) is 5.69 Å². The number of fused-ring (bicyclic) bond motifs is 1. The van der Waals surface area contributed by atoms with Crippen molar-refractivity contribution in [3.63, 3.8) is 0 Å². The molecule has 4 heterocycles. The molecule has 2 aromatic carbocycles. The van der Waals surface area contributed by atoms with Gasteiger partial charge in [0.25, 0.3) is 5.91 Å². The molecule has 1 unspecified atom stereocenters. The summed E-state index contributed by atoms with van der Waals surface area (Å²) in [7, 11) is -1.43. The van der Waals surface area contributed by atoms with Gasteiger partial charge in [-0.3, -0.25) is 13.8 Å². The summed E-state index contributed by atoms with van der Waals surface area (Å²) >= 11 is 12.6. The summed E-state index contributed by atoms with van der Waals surface area (Å²) in [5, 5.41) is 3.86. The van der Waals surface area contributed by atoms with Crippen LogP contribution in [0.5, 0.6) is 0 Å². The van der Waals surface area contributed by atoms with Crippen LogP contribution in [0.25, 0.3) is 11.6 Å². The molecule has 7 nitrogen and oxygen atoms in total. The van der Waals surface area contributed by atoms with E-state index in [0.717, 1.165) is 61.5 Å². The van der Waals surface area contributed by atoms with Crippen molar-refractivity contribution in [2.24, 2.45) is 0 Å². The highest BCUT2D eigenvalue weighted by atomic mass is 35.5. The summed E-state index contributed by atoms with van der Waals surface area (Å²) in [6, 6.07) is 10.8. The first-order valence-corrected chi connectivity index (χ1v) is 17.0. The number of halogens is 2. The Balaban J connectivity index is 1.22. The molecule has 2 saturated heterocycles. The van der Waals surface area contributed by atoms with Crippen LogP contribution in [-0.2, 0) is 32.6 Å². The number of H-pyrrole nitrogens is 1. The zero-order valence-corrected chi connectivity index (χ0v) is 26.8. The molecule has 43 heavy (non-hydrogen) atoms. The predicted molar refractivity (Wildman–Crippen MR) is 174 cm³/mol. The number of hydrogen-bond acceptors (Lipinski definition) is 4. The monoisotopic (exact) mass is 638 g/mol. The second-order valence-corrected chi connectivity index (χ2v) is 14.0. The van der Waals surface area contributed by atoms with E-state index in [0.29, 0.717) is 49.8 Å². The van der Waals surface area contributed by atoms with E-state index in [1.54, 1.807) is 36.4 Å². The number of aromatic nitrogens is 1. The zero-order valence-electron chi connectivity index (χ0n) is 24.5. The molecule has 10 heteroatoms. The van der Waals surface area contributed by atoms with Gasteiger partial charge < -0.3 is 20.1 Å². The van der Waals surface area contributed by atoms with Crippen molar-refractivity contribution in [2.75, 3.05) is 31.5 Å². The zero-order chi connectivity index (χ0) is 30.2. The molecule has 2 atom stereocenters. The number of nitrogens with one attached hydrogen (secondary N) is 2. The van der Waals surface area contributed by atoms with E-state index >= 15 is 0 Å². The Morgan fingerprint density at radius 3 is 2.53 bits per heavy atom. The molecule has 226 valence electrons. The summed E-state index contributed by atoms with van der Waals surface area (Å²) in [4.78, 5) is 35.1. The third kappa shape index (κ3) is 6.21. The molecular weight excluding hydrogens is 603 g/mol. The number of benzene rings is 2. The fourth-order valence-electron chi connectivity index (χ4n) is 6.58. The Labute approximate surface area is 265 Å². The van der Waals surface area contributed by atoms with Crippen LogP contribution < -0.4 is 5.32 Å². The lowest BCUT2D eigenvalue weighted by atomic mass is 10.0. The Hall–Kier alpha value is -2.91. The smallest absolute Gasteiger partial charge is 0.256 e. The fourth-order valence-corrected chi connectivity index (χ4v) is 8.47. The van der Waals surface area contributed by atoms with Crippen LogP contribution in [0.1, 0.15) is 59.3 Å². The Morgan fingerprint density at radius 2 is 1.79 bits per heavy atom. The van der Waals surface area contributed by atoms with Gasteiger partial charge in [0.1, 0.15) is 0 Å². The second kappa shape index (κ2) is 12.6. The van der Waals surface area contributed by atoms with Crippen molar-refractivity contribution in [1.29, 1.82) is 0 Å². The predicted octanol–water partition coefficient (Wildman–Crippen LogP) is 6.37. The number of nitrogens with zero attached hydrogens (tertiary/aromatic N) is 2. The molecule has 0 saturated carbocycles. The van der Waals surface area contributed by atoms with Crippen molar-refractivity contribution < 1.29 is 13.8 Å². The molecule has 3 aliphatic rings. The second-order valence-electron chi connectivity index (χ2n) is 11.7. The minimum Gasteiger partial charge on any atom is -0.359 e. The molecule has 1 aromatic heterocycles. The first kappa shape index (κ1) is 30.1. The van der Waals surface area contributed by atoms with Gasteiger partial charge in [0.05, 0.1) is 28.5 Å². The maximum absolute atomic E-state index is 13.5. The SMILES string of the molecule is Cc1[nH]c(/C=C2\C(=O)Nc3ccc(S(=O)Cc4c(Cl)cccc4Cl)cc32)c(C)c1CC(=O)N1CCC[C@@H]1CN1CCCC1. The summed E-state index contributed by atoms with van der Waals surface area (Å²) < 4.78 is 13.3. The first-order chi connectivity index (χ1) is 20.7. The molecule has 2 amide bonds. The van der Waals surface area contributed by atoms with Gasteiger partial charge in [0.15, 0.2) is 0 Å². The Bertz CT molecular complexity index is 1620. The van der Waals surface area contributed by atoms with Gasteiger partial charge in [-0.1, -0.05) is 29.3 Å². The minimum atomic E-state index is -1.43. The number of carbonyl (C=O) groups is 2. The van der Waals surface area contributed by atoms with Crippen molar-refractivity contribution in [3.05, 3.63) is 80.1 Å². The summed E-state index contributed by atoms with van der Waals surface area (Å²) in [6.07, 6.45) is 6.79. The lowest BCUT2D eigenvalue weighted by molar-refractivity contribution is -0.131. The third-order valence-electron chi connectivity index (χ3n) is 8.99. The van der Waals surface area contributed by atoms with Gasteiger partial charge in [-0.15, -0.1) is 0 Å². The van der Waals surface area contributed by atoms with Crippen molar-refractivity contribution in [2.45, 2.75) is 62.6 Å². The van der Waals surface area contributed by atoms with Crippen LogP contribution in [0.15, 0.2) is 41.3 Å². The van der Waals surface area contributed by atoms with Gasteiger partial charge in [-0.05, 0) is 100 Å². The number of likely N-dealkylation sites (tertiary alicyclic amines) is 2. The molecule has 0 radical (unpaired) electrons. The molecule has 0 aliphatic carbocycles. The topological polar surface area (TPSA) is 85.5 Å². The standard InChI is InChI=1S/C33H36Cl2N4O3S/c1-20-24(17-32(40)39-14-6-7-22(39)18-38-12-3-4-13-38)21(2)36-31(20)16-26-25-15-23(10-11-30(25)37-33(26)41)43(42)19-27-28(34)8-5-9-29(27)35/h5,8-11,15-16,22,36H,3-4,6-7,12-14,17-19H2,1-2H3,(H,37,41)/b26-16-/t22-,43?/m1/s1. The molecule has 2 N–H and O–H groups in total. The van der Waals surface area contributed by atoms with E-state index in [-0.39, 0.29) is 17.6 Å². The fraction of sp³-hybridized carbons (Fsp3) is 0.394. The van der Waals surface area contributed by atoms with Gasteiger partial charge in [-0.25, -0.2) is 0 Å². The average Bonchev–Trinajstić information content (AvgIpc) is 3.77. The van der Waals surface area contributed by atoms with Crippen molar-refractivity contribution in [1.82, 2.24) is 14.8 Å². The van der Waals surface area contributed by atoms with Crippen LogP contribution >= 0.6 is 23.2 Å². The van der Waals surface area contributed by atoms with Gasteiger partial charge in [0, 0.05) is 62.3 Å². The quantitative estimate of drug-likeness (QED) is 0.281. The molecule has 2 fully saturated rings. The molecule has 3 aliphatic heterocycles. The van der Waals surface area contributed by atoms with Crippen LogP contribution in [-0.4, -0.2) is 63.0 Å². The number of rotatable bonds is 8. The lowest BCUT2D eigenvalue weighted by Gasteiger charge is -2.28. The summed E-state index contributed by atoms with van der Waals surface area (Å²) in [5.74, 6) is 0.110. The number of amides is 2. The summed E-state index contributed by atoms with van der Waals surface area (Å²) in [5.41, 5.74) is 6.13. The van der Waals surface area contributed by atoms with E-state index in [9.17, 15) is 13.8 Å². The molecule has 0 spiro atoms. The summed E-state index contributed by atoms with van der Waals surface area (Å²) in [6.45, 7) is 8.04. The highest BCUT2D eigenvalue weighted by Gasteiger charge is 2.32. The van der Waals surface area contributed by atoms with E-state index in [1.807, 2.05) is 19.9 Å². The molecule has 0 bridgehead atoms. The Morgan fingerprint density at radius 1 is 1.05 bits per heavy atom. The van der Waals surface area contributed by atoms with Crippen LogP contribution in [0, 0.1) is 13.8 Å². The highest BCUT2D eigenvalue weighted by Crippen LogP contribution is 2.36.